The molecule has 0 bridgehead atoms. The first-order valence-electron chi connectivity index (χ1n) is 8.49. The van der Waals surface area contributed by atoms with Crippen LogP contribution in [-0.2, 0) is 31.0 Å². The maximum absolute atomic E-state index is 5.82. The maximum atomic E-state index is 5.82. The van der Waals surface area contributed by atoms with Gasteiger partial charge in [-0.25, -0.2) is 4.68 Å². The number of hydrogen-bond donors (Lipinski definition) is 0. The largest absolute Gasteiger partial charge is 0.375 e. The molecule has 0 unspecified atom stereocenters. The Hall–Kier alpha value is -1.79. The highest BCUT2D eigenvalue weighted by molar-refractivity contribution is 5.13. The van der Waals surface area contributed by atoms with Crippen LogP contribution in [0.4, 0.5) is 0 Å². The average Bonchev–Trinajstić information content (AvgIpc) is 3.35. The summed E-state index contributed by atoms with van der Waals surface area (Å²) in [5.74, 6) is 0.785. The van der Waals surface area contributed by atoms with Gasteiger partial charge in [0.15, 0.2) is 0 Å². The van der Waals surface area contributed by atoms with Gasteiger partial charge in [-0.05, 0) is 42.9 Å². The molecule has 0 saturated heterocycles. The zero-order valence-electron chi connectivity index (χ0n) is 13.4. The molecule has 122 valence electrons. The molecule has 1 saturated carbocycles. The van der Waals surface area contributed by atoms with Crippen molar-refractivity contribution in [2.45, 2.75) is 45.5 Å². The van der Waals surface area contributed by atoms with Crippen LogP contribution in [0, 0.1) is 5.92 Å². The molecular weight excluding hydrogens is 290 g/mol. The lowest BCUT2D eigenvalue weighted by molar-refractivity contribution is 0.107. The summed E-state index contributed by atoms with van der Waals surface area (Å²) in [5.41, 5.74) is 3.52. The molecule has 2 aliphatic rings. The SMILES string of the molecule is c1cc(CN2CCCn3nnc(COCC4CC4)c3C2)ccn1. The van der Waals surface area contributed by atoms with Crippen LogP contribution in [0.5, 0.6) is 0 Å². The smallest absolute Gasteiger partial charge is 0.113 e. The normalized spacial score (nSPS) is 18.6. The van der Waals surface area contributed by atoms with Crippen molar-refractivity contribution in [1.82, 2.24) is 24.9 Å². The van der Waals surface area contributed by atoms with Gasteiger partial charge in [0.25, 0.3) is 0 Å². The quantitative estimate of drug-likeness (QED) is 0.816. The zero-order valence-corrected chi connectivity index (χ0v) is 13.4. The standard InChI is InChI=1S/C17H23N5O/c1-8-21(10-14-4-6-18-7-5-14)11-17-16(19-20-22(17)9-1)13-23-12-15-2-3-15/h4-7,15H,1-3,8-13H2. The second kappa shape index (κ2) is 6.76. The molecule has 3 heterocycles. The van der Waals surface area contributed by atoms with E-state index < -0.39 is 0 Å². The Bertz CT molecular complexity index is 638. The Balaban J connectivity index is 1.42. The minimum atomic E-state index is 0.592. The third kappa shape index (κ3) is 3.76. The van der Waals surface area contributed by atoms with Crippen LogP contribution in [-0.4, -0.2) is 38.0 Å². The average molecular weight is 313 g/mol. The van der Waals surface area contributed by atoms with Crippen LogP contribution >= 0.6 is 0 Å². The summed E-state index contributed by atoms with van der Waals surface area (Å²) in [4.78, 5) is 6.55. The predicted molar refractivity (Wildman–Crippen MR) is 85.4 cm³/mol. The molecule has 1 aliphatic carbocycles. The Kier molecular flexibility index (Phi) is 4.35. The lowest BCUT2D eigenvalue weighted by atomic mass is 10.2. The molecular formula is C17H23N5O. The molecule has 6 heteroatoms. The van der Waals surface area contributed by atoms with E-state index in [1.807, 2.05) is 12.4 Å². The second-order valence-corrected chi connectivity index (χ2v) is 6.58. The number of hydrogen-bond acceptors (Lipinski definition) is 5. The first-order chi connectivity index (χ1) is 11.4. The first kappa shape index (κ1) is 14.8. The van der Waals surface area contributed by atoms with Crippen LogP contribution in [0.15, 0.2) is 24.5 Å². The number of nitrogens with zero attached hydrogens (tertiary/aromatic N) is 5. The zero-order chi connectivity index (χ0) is 15.5. The molecule has 1 aliphatic heterocycles. The fourth-order valence-electron chi connectivity index (χ4n) is 3.06. The van der Waals surface area contributed by atoms with E-state index in [9.17, 15) is 0 Å². The van der Waals surface area contributed by atoms with Crippen LogP contribution in [0.25, 0.3) is 0 Å². The molecule has 2 aromatic heterocycles. The van der Waals surface area contributed by atoms with Crippen LogP contribution in [0.3, 0.4) is 0 Å². The second-order valence-electron chi connectivity index (χ2n) is 6.58. The third-order valence-corrected chi connectivity index (χ3v) is 4.58. The van der Waals surface area contributed by atoms with Gasteiger partial charge >= 0.3 is 0 Å². The van der Waals surface area contributed by atoms with Crippen molar-refractivity contribution >= 4 is 0 Å². The minimum absolute atomic E-state index is 0.592. The third-order valence-electron chi connectivity index (χ3n) is 4.58. The van der Waals surface area contributed by atoms with Gasteiger partial charge in [-0.1, -0.05) is 5.21 Å². The highest BCUT2D eigenvalue weighted by Crippen LogP contribution is 2.29. The summed E-state index contributed by atoms with van der Waals surface area (Å²) in [6, 6.07) is 4.17. The van der Waals surface area contributed by atoms with Gasteiger partial charge in [-0.3, -0.25) is 9.88 Å². The molecule has 6 nitrogen and oxygen atoms in total. The molecule has 0 radical (unpaired) electrons. The lowest BCUT2D eigenvalue weighted by Crippen LogP contribution is -2.23. The summed E-state index contributed by atoms with van der Waals surface area (Å²) >= 11 is 0. The van der Waals surface area contributed by atoms with E-state index in [0.717, 1.165) is 50.8 Å². The minimum Gasteiger partial charge on any atom is -0.375 e. The van der Waals surface area contributed by atoms with Crippen molar-refractivity contribution in [2.24, 2.45) is 5.92 Å². The van der Waals surface area contributed by atoms with Crippen molar-refractivity contribution in [3.63, 3.8) is 0 Å². The molecule has 2 aromatic rings. The van der Waals surface area contributed by atoms with E-state index in [-0.39, 0.29) is 0 Å². The molecule has 0 spiro atoms. The van der Waals surface area contributed by atoms with E-state index in [1.165, 1.54) is 24.1 Å². The van der Waals surface area contributed by atoms with Crippen LogP contribution in [0.2, 0.25) is 0 Å². The van der Waals surface area contributed by atoms with E-state index in [0.29, 0.717) is 6.61 Å². The van der Waals surface area contributed by atoms with Gasteiger partial charge in [-0.2, -0.15) is 0 Å². The van der Waals surface area contributed by atoms with Crippen molar-refractivity contribution in [3.05, 3.63) is 41.5 Å². The molecule has 23 heavy (non-hydrogen) atoms. The van der Waals surface area contributed by atoms with Crippen molar-refractivity contribution < 1.29 is 4.74 Å². The topological polar surface area (TPSA) is 56.1 Å². The summed E-state index contributed by atoms with van der Waals surface area (Å²) in [7, 11) is 0. The molecule has 0 aromatic carbocycles. The fourth-order valence-corrected chi connectivity index (χ4v) is 3.06. The lowest BCUT2D eigenvalue weighted by Gasteiger charge is -2.19. The monoisotopic (exact) mass is 313 g/mol. The molecule has 0 amide bonds. The number of rotatable bonds is 6. The van der Waals surface area contributed by atoms with Gasteiger partial charge < -0.3 is 4.74 Å². The Morgan fingerprint density at radius 2 is 2.04 bits per heavy atom. The van der Waals surface area contributed by atoms with Crippen molar-refractivity contribution in [2.75, 3.05) is 13.2 Å². The number of pyridine rings is 1. The van der Waals surface area contributed by atoms with Gasteiger partial charge in [0.1, 0.15) is 5.69 Å². The molecule has 1 fully saturated rings. The van der Waals surface area contributed by atoms with Crippen molar-refractivity contribution in [1.29, 1.82) is 0 Å². The highest BCUT2D eigenvalue weighted by atomic mass is 16.5. The van der Waals surface area contributed by atoms with E-state index in [4.69, 9.17) is 4.74 Å². The fraction of sp³-hybridized carbons (Fsp3) is 0.588. The van der Waals surface area contributed by atoms with Gasteiger partial charge in [0.05, 0.1) is 12.3 Å². The first-order valence-corrected chi connectivity index (χ1v) is 8.49. The maximum Gasteiger partial charge on any atom is 0.113 e. The van der Waals surface area contributed by atoms with Crippen LogP contribution in [0.1, 0.15) is 36.2 Å². The Morgan fingerprint density at radius 3 is 2.87 bits per heavy atom. The predicted octanol–water partition coefficient (Wildman–Crippen LogP) is 2.01. The van der Waals surface area contributed by atoms with Crippen LogP contribution < -0.4 is 0 Å². The number of ether oxygens (including phenoxy) is 1. The molecule has 0 atom stereocenters. The summed E-state index contributed by atoms with van der Waals surface area (Å²) < 4.78 is 7.88. The Morgan fingerprint density at radius 1 is 1.17 bits per heavy atom. The number of aryl methyl sites for hydroxylation is 1. The van der Waals surface area contributed by atoms with E-state index in [2.05, 4.69) is 37.0 Å². The number of aromatic nitrogens is 4. The molecule has 4 rings (SSSR count). The van der Waals surface area contributed by atoms with Gasteiger partial charge in [-0.15, -0.1) is 5.10 Å². The molecule has 0 N–H and O–H groups in total. The van der Waals surface area contributed by atoms with Crippen molar-refractivity contribution in [3.8, 4) is 0 Å². The summed E-state index contributed by atoms with van der Waals surface area (Å²) in [5, 5.41) is 8.67. The Labute approximate surface area is 136 Å². The highest BCUT2D eigenvalue weighted by Gasteiger charge is 2.23. The summed E-state index contributed by atoms with van der Waals surface area (Å²) in [6.45, 7) is 5.31. The van der Waals surface area contributed by atoms with Gasteiger partial charge in [0.2, 0.25) is 0 Å². The summed E-state index contributed by atoms with van der Waals surface area (Å²) in [6.07, 6.45) is 7.45. The van der Waals surface area contributed by atoms with E-state index >= 15 is 0 Å². The number of fused-ring (bicyclic) bond motifs is 1. The van der Waals surface area contributed by atoms with E-state index in [1.54, 1.807) is 0 Å². The van der Waals surface area contributed by atoms with Gasteiger partial charge in [0, 0.05) is 45.2 Å².